The Morgan fingerprint density at radius 3 is 2.69 bits per heavy atom. The number of aliphatic hydroxyl groups is 2. The molecule has 6 aliphatic rings. The van der Waals surface area contributed by atoms with Crippen molar-refractivity contribution < 1.29 is 48.3 Å². The summed E-state index contributed by atoms with van der Waals surface area (Å²) in [6.45, 7) is 0.775. The summed E-state index contributed by atoms with van der Waals surface area (Å²) < 4.78 is 27.1. The van der Waals surface area contributed by atoms with Crippen molar-refractivity contribution in [1.82, 2.24) is 4.90 Å². The minimum atomic E-state index is -2.47. The summed E-state index contributed by atoms with van der Waals surface area (Å²) >= 11 is 0. The smallest absolute Gasteiger partial charge is 0.417 e. The number of rotatable bonds is 1. The Hall–Kier alpha value is -3.09. The summed E-state index contributed by atoms with van der Waals surface area (Å²) in [6, 6.07) is 2.94. The highest BCUT2D eigenvalue weighted by atomic mass is 16.7. The molecule has 1 aromatic rings. The number of aliphatic hydroxyl groups excluding tert-OH is 1. The lowest BCUT2D eigenvalue weighted by atomic mass is 9.46. The molecular weight excluding hydrogens is 476 g/mol. The minimum Gasteiger partial charge on any atom is -0.465 e. The standard InChI is InChI=1S/C24H26N2O10/c1-32-20(29)24(31)14-5-6-23-17(27)13(36-19(23)28)9-25-8-7-22(14,18(23)25)11-3-4-12-16(35-10-34-12)15(11)26(24)21(30)33-2/h3-4,13-14,17-18,27,31H,5-10H2,1-2H3/t13-,14-,17+,18-,22+,23-,24+/m1/s1. The van der Waals surface area contributed by atoms with Gasteiger partial charge in [0, 0.05) is 23.9 Å². The molecule has 1 aliphatic carbocycles. The summed E-state index contributed by atoms with van der Waals surface area (Å²) in [5.74, 6) is -1.84. The molecule has 12 heteroatoms. The summed E-state index contributed by atoms with van der Waals surface area (Å²) in [4.78, 5) is 43.1. The second-order valence-corrected chi connectivity index (χ2v) is 10.4. The Kier molecular flexibility index (Phi) is 4.19. The average Bonchev–Trinajstić information content (AvgIpc) is 3.54. The second kappa shape index (κ2) is 6.81. The van der Waals surface area contributed by atoms with Gasteiger partial charge in [0.25, 0.3) is 5.72 Å². The molecule has 5 heterocycles. The predicted molar refractivity (Wildman–Crippen MR) is 117 cm³/mol. The number of hydrogen-bond acceptors (Lipinski definition) is 11. The molecule has 36 heavy (non-hydrogen) atoms. The number of methoxy groups -OCH3 is 2. The van der Waals surface area contributed by atoms with Crippen LogP contribution < -0.4 is 14.4 Å². The van der Waals surface area contributed by atoms with E-state index in [2.05, 4.69) is 4.90 Å². The van der Waals surface area contributed by atoms with Crippen LogP contribution in [0.1, 0.15) is 24.8 Å². The number of carbonyl (C=O) groups excluding carboxylic acids is 3. The highest BCUT2D eigenvalue weighted by molar-refractivity contribution is 6.02. The van der Waals surface area contributed by atoms with Crippen molar-refractivity contribution in [3.8, 4) is 11.5 Å². The van der Waals surface area contributed by atoms with E-state index in [0.717, 1.165) is 19.1 Å². The molecule has 2 spiro atoms. The molecule has 1 saturated carbocycles. The van der Waals surface area contributed by atoms with E-state index in [0.29, 0.717) is 30.8 Å². The largest absolute Gasteiger partial charge is 0.465 e. The number of carbonyl (C=O) groups is 3. The maximum absolute atomic E-state index is 13.5. The van der Waals surface area contributed by atoms with Crippen LogP contribution in [0.5, 0.6) is 11.5 Å². The van der Waals surface area contributed by atoms with Crippen LogP contribution in [-0.4, -0.2) is 91.2 Å². The molecule has 2 N–H and O–H groups in total. The zero-order valence-electron chi connectivity index (χ0n) is 19.8. The molecule has 2 bridgehead atoms. The Balaban J connectivity index is 1.57. The van der Waals surface area contributed by atoms with E-state index in [4.69, 9.17) is 23.7 Å². The van der Waals surface area contributed by atoms with Gasteiger partial charge < -0.3 is 33.9 Å². The zero-order valence-corrected chi connectivity index (χ0v) is 19.8. The number of amides is 1. The monoisotopic (exact) mass is 502 g/mol. The van der Waals surface area contributed by atoms with E-state index >= 15 is 0 Å². The third-order valence-electron chi connectivity index (χ3n) is 9.46. The van der Waals surface area contributed by atoms with E-state index in [1.807, 2.05) is 0 Å². The van der Waals surface area contributed by atoms with Gasteiger partial charge in [-0.15, -0.1) is 0 Å². The van der Waals surface area contributed by atoms with E-state index in [1.165, 1.54) is 0 Å². The highest BCUT2D eigenvalue weighted by Crippen LogP contribution is 2.70. The van der Waals surface area contributed by atoms with E-state index in [-0.39, 0.29) is 31.1 Å². The van der Waals surface area contributed by atoms with Crippen molar-refractivity contribution in [3.05, 3.63) is 17.7 Å². The second-order valence-electron chi connectivity index (χ2n) is 10.4. The molecular formula is C24H26N2O10. The fourth-order valence-electron chi connectivity index (χ4n) is 8.32. The number of fused-ring (bicyclic) bond motifs is 4. The van der Waals surface area contributed by atoms with Crippen molar-refractivity contribution in [2.45, 2.75) is 48.7 Å². The van der Waals surface area contributed by atoms with Gasteiger partial charge in [0.15, 0.2) is 11.5 Å². The Morgan fingerprint density at radius 2 is 1.94 bits per heavy atom. The first-order chi connectivity index (χ1) is 17.3. The molecule has 7 atom stereocenters. The van der Waals surface area contributed by atoms with Crippen molar-refractivity contribution in [3.63, 3.8) is 0 Å². The summed E-state index contributed by atoms with van der Waals surface area (Å²) in [5.41, 5.74) is -3.96. The quantitative estimate of drug-likeness (QED) is 0.391. The zero-order chi connectivity index (χ0) is 25.2. The van der Waals surface area contributed by atoms with Gasteiger partial charge in [-0.1, -0.05) is 6.07 Å². The van der Waals surface area contributed by atoms with Crippen molar-refractivity contribution >= 4 is 23.7 Å². The molecule has 4 fully saturated rings. The lowest BCUT2D eigenvalue weighted by Gasteiger charge is -2.63. The third kappa shape index (κ3) is 2.13. The van der Waals surface area contributed by atoms with Gasteiger partial charge in [-0.05, 0) is 37.4 Å². The highest BCUT2D eigenvalue weighted by Gasteiger charge is 2.80. The van der Waals surface area contributed by atoms with E-state index in [1.54, 1.807) is 12.1 Å². The van der Waals surface area contributed by atoms with Crippen molar-refractivity contribution in [2.24, 2.45) is 11.3 Å². The van der Waals surface area contributed by atoms with Gasteiger partial charge in [-0.3, -0.25) is 9.69 Å². The average molecular weight is 502 g/mol. The Labute approximate surface area is 205 Å². The normalized spacial score (nSPS) is 41.2. The molecule has 12 nitrogen and oxygen atoms in total. The van der Waals surface area contributed by atoms with Gasteiger partial charge in [0.1, 0.15) is 23.3 Å². The van der Waals surface area contributed by atoms with E-state index in [9.17, 15) is 24.6 Å². The number of esters is 2. The molecule has 0 unspecified atom stereocenters. The molecule has 3 saturated heterocycles. The third-order valence-corrected chi connectivity index (χ3v) is 9.46. The maximum Gasteiger partial charge on any atom is 0.417 e. The minimum absolute atomic E-state index is 0.111. The Bertz CT molecular complexity index is 1220. The topological polar surface area (TPSA) is 144 Å². The molecule has 192 valence electrons. The van der Waals surface area contributed by atoms with Gasteiger partial charge in [0.2, 0.25) is 6.79 Å². The first-order valence-electron chi connectivity index (χ1n) is 12.0. The van der Waals surface area contributed by atoms with E-state index < -0.39 is 58.8 Å². The predicted octanol–water partition coefficient (Wildman–Crippen LogP) is -0.128. The fourth-order valence-corrected chi connectivity index (χ4v) is 8.32. The lowest BCUT2D eigenvalue weighted by molar-refractivity contribution is -0.189. The van der Waals surface area contributed by atoms with Crippen LogP contribution in [0.15, 0.2) is 12.1 Å². The first kappa shape index (κ1) is 22.1. The van der Waals surface area contributed by atoms with Crippen molar-refractivity contribution in [2.75, 3.05) is 39.0 Å². The van der Waals surface area contributed by atoms with Crippen LogP contribution in [0.2, 0.25) is 0 Å². The molecule has 0 aromatic heterocycles. The first-order valence-corrected chi connectivity index (χ1v) is 12.0. The summed E-state index contributed by atoms with van der Waals surface area (Å²) in [7, 11) is 2.30. The maximum atomic E-state index is 13.5. The fraction of sp³-hybridized carbons (Fsp3) is 0.625. The number of hydrogen-bond donors (Lipinski definition) is 2. The van der Waals surface area contributed by atoms with Crippen LogP contribution in [-0.2, 0) is 29.2 Å². The summed E-state index contributed by atoms with van der Waals surface area (Å²) in [6.07, 6.45) is -1.84. The van der Waals surface area contributed by atoms with Crippen LogP contribution in [0.3, 0.4) is 0 Å². The number of piperidine rings is 1. The van der Waals surface area contributed by atoms with Gasteiger partial charge in [-0.25, -0.2) is 14.5 Å². The van der Waals surface area contributed by atoms with Gasteiger partial charge >= 0.3 is 18.0 Å². The molecule has 5 aliphatic heterocycles. The molecule has 0 radical (unpaired) electrons. The Morgan fingerprint density at radius 1 is 1.14 bits per heavy atom. The number of ether oxygens (including phenoxy) is 5. The summed E-state index contributed by atoms with van der Waals surface area (Å²) in [5, 5.41) is 23.7. The van der Waals surface area contributed by atoms with Crippen LogP contribution in [0.25, 0.3) is 0 Å². The van der Waals surface area contributed by atoms with Crippen molar-refractivity contribution in [1.29, 1.82) is 0 Å². The lowest BCUT2D eigenvalue weighted by Crippen LogP contribution is -2.77. The van der Waals surface area contributed by atoms with Crippen LogP contribution >= 0.6 is 0 Å². The van der Waals surface area contributed by atoms with Gasteiger partial charge in [0.05, 0.1) is 14.2 Å². The number of nitrogens with zero attached hydrogens (tertiary/aromatic N) is 2. The van der Waals surface area contributed by atoms with Crippen LogP contribution in [0.4, 0.5) is 10.5 Å². The molecule has 7 rings (SSSR count). The number of benzene rings is 1. The molecule has 1 aromatic carbocycles. The molecule has 1 amide bonds. The van der Waals surface area contributed by atoms with Crippen LogP contribution in [0, 0.1) is 11.3 Å². The number of anilines is 1. The SMILES string of the molecule is COC(=O)N1c2c(ccc3c2OCO3)[C@@]23CCN4C[C@H]5OC(=O)[C@](CC[C@H]2[C@]1(O)C(=O)OC)([C@H]5O)[C@H]43. The van der Waals surface area contributed by atoms with Gasteiger partial charge in [-0.2, -0.15) is 0 Å².